The number of aryl methyl sites for hydroxylation is 1. The second kappa shape index (κ2) is 11.7. The van der Waals surface area contributed by atoms with E-state index in [1.165, 1.54) is 11.3 Å². The van der Waals surface area contributed by atoms with Gasteiger partial charge in [0.1, 0.15) is 17.7 Å². The lowest BCUT2D eigenvalue weighted by molar-refractivity contribution is -0.159. The molecule has 0 aromatic heterocycles. The summed E-state index contributed by atoms with van der Waals surface area (Å²) in [5, 5.41) is 3.68. The van der Waals surface area contributed by atoms with Crippen LogP contribution in [-0.2, 0) is 16.0 Å². The third-order valence-electron chi connectivity index (χ3n) is 6.60. The van der Waals surface area contributed by atoms with Crippen molar-refractivity contribution in [3.8, 4) is 11.5 Å². The monoisotopic (exact) mass is 514 g/mol. The molecule has 0 spiro atoms. The molecule has 1 unspecified atom stereocenters. The van der Waals surface area contributed by atoms with E-state index in [4.69, 9.17) is 14.2 Å². The van der Waals surface area contributed by atoms with Crippen LogP contribution in [0.25, 0.3) is 5.57 Å². The molecular weight excluding hydrogens is 476 g/mol. The molecule has 1 aliphatic rings. The van der Waals surface area contributed by atoms with Crippen LogP contribution in [0, 0.1) is 5.41 Å². The molecule has 0 saturated heterocycles. The Kier molecular flexibility index (Phi) is 8.42. The van der Waals surface area contributed by atoms with Crippen LogP contribution >= 0.6 is 0 Å². The van der Waals surface area contributed by atoms with Crippen LogP contribution in [0.15, 0.2) is 78.5 Å². The molecule has 0 fully saturated rings. The number of allylic oxidation sites excluding steroid dienone is 1. The minimum absolute atomic E-state index is 0.0228. The van der Waals surface area contributed by atoms with Crippen molar-refractivity contribution < 1.29 is 19.0 Å². The number of carbonyl (C=O) groups is 1. The van der Waals surface area contributed by atoms with Gasteiger partial charge in [-0.3, -0.25) is 9.69 Å². The first-order chi connectivity index (χ1) is 18.1. The molecule has 200 valence electrons. The number of fused-ring (bicyclic) bond motifs is 1. The van der Waals surface area contributed by atoms with E-state index < -0.39 is 5.41 Å². The lowest BCUT2D eigenvalue weighted by atomic mass is 9.91. The van der Waals surface area contributed by atoms with E-state index in [1.54, 1.807) is 0 Å². The number of nitrogens with one attached hydrogen (secondary N) is 1. The third kappa shape index (κ3) is 6.75. The Labute approximate surface area is 226 Å². The second-order valence-electron chi connectivity index (χ2n) is 10.8. The van der Waals surface area contributed by atoms with Crippen LogP contribution in [0.5, 0.6) is 11.5 Å². The highest BCUT2D eigenvalue weighted by molar-refractivity contribution is 5.85. The molecule has 0 radical (unpaired) electrons. The minimum atomic E-state index is -0.564. The number of esters is 1. The van der Waals surface area contributed by atoms with Gasteiger partial charge in [-0.05, 0) is 102 Å². The average molecular weight is 515 g/mol. The fourth-order valence-corrected chi connectivity index (χ4v) is 4.14. The van der Waals surface area contributed by atoms with Gasteiger partial charge in [0.05, 0.1) is 5.41 Å². The highest BCUT2D eigenvalue weighted by Crippen LogP contribution is 2.35. The molecule has 3 aromatic carbocycles. The molecule has 0 bridgehead atoms. The van der Waals surface area contributed by atoms with Crippen molar-refractivity contribution in [1.82, 2.24) is 4.90 Å². The molecule has 4 rings (SSSR count). The van der Waals surface area contributed by atoms with Crippen molar-refractivity contribution in [3.05, 3.63) is 95.2 Å². The summed E-state index contributed by atoms with van der Waals surface area (Å²) >= 11 is 0. The molecule has 1 heterocycles. The lowest BCUT2D eigenvalue weighted by Crippen LogP contribution is -2.30. The third-order valence-corrected chi connectivity index (χ3v) is 6.60. The van der Waals surface area contributed by atoms with Crippen molar-refractivity contribution in [2.24, 2.45) is 5.41 Å². The maximum Gasteiger partial charge on any atom is 0.314 e. The first kappa shape index (κ1) is 27.3. The molecular formula is C32H38N2O4. The minimum Gasteiger partial charge on any atom is -0.475 e. The zero-order chi connectivity index (χ0) is 27.3. The van der Waals surface area contributed by atoms with Gasteiger partial charge in [-0.2, -0.15) is 0 Å². The summed E-state index contributed by atoms with van der Waals surface area (Å²) in [7, 11) is 3.99. The largest absolute Gasteiger partial charge is 0.475 e. The summed E-state index contributed by atoms with van der Waals surface area (Å²) in [6, 6.07) is 24.6. The Balaban J connectivity index is 1.60. The van der Waals surface area contributed by atoms with Gasteiger partial charge in [-0.1, -0.05) is 42.5 Å². The Hall–Kier alpha value is -3.77. The lowest BCUT2D eigenvalue weighted by Gasteiger charge is -2.25. The van der Waals surface area contributed by atoms with E-state index in [-0.39, 0.29) is 19.0 Å². The van der Waals surface area contributed by atoms with E-state index in [2.05, 4.69) is 41.7 Å². The summed E-state index contributed by atoms with van der Waals surface area (Å²) < 4.78 is 17.0. The first-order valence-electron chi connectivity index (χ1n) is 13.0. The van der Waals surface area contributed by atoms with Gasteiger partial charge in [-0.15, -0.1) is 0 Å². The van der Waals surface area contributed by atoms with E-state index in [0.717, 1.165) is 41.0 Å². The van der Waals surface area contributed by atoms with E-state index in [9.17, 15) is 4.79 Å². The normalized spacial score (nSPS) is 15.2. The number of anilines is 1. The van der Waals surface area contributed by atoms with Gasteiger partial charge in [0, 0.05) is 17.0 Å². The first-order valence-corrected chi connectivity index (χ1v) is 13.0. The summed E-state index contributed by atoms with van der Waals surface area (Å²) in [4.78, 5) is 14.0. The van der Waals surface area contributed by atoms with Crippen molar-refractivity contribution in [2.75, 3.05) is 26.2 Å². The fraction of sp³-hybridized carbons (Fsp3) is 0.344. The Morgan fingerprint density at radius 3 is 2.11 bits per heavy atom. The number of nitrogens with zero attached hydrogens (tertiary/aromatic N) is 1. The van der Waals surface area contributed by atoms with Crippen molar-refractivity contribution in [1.29, 1.82) is 0 Å². The number of para-hydroxylation sites is 1. The molecule has 0 amide bonds. The number of carbonyl (C=O) groups excluding carboxylic acids is 1. The standard InChI is InChI=1S/C32H38N2O4/c1-22(34(5)6)38-27-18-13-25(14-19-27)30(29-20-15-23-9-7-8-10-28(23)33-29)24-11-16-26(17-12-24)36-21-37-31(35)32(2,3)4/h7-14,16-19,22,33H,15,20-21H2,1-6H3. The topological polar surface area (TPSA) is 60.0 Å². The number of rotatable bonds is 8. The maximum atomic E-state index is 12.0. The molecule has 1 atom stereocenters. The van der Waals surface area contributed by atoms with Gasteiger partial charge in [0.15, 0.2) is 0 Å². The van der Waals surface area contributed by atoms with Crippen LogP contribution in [-0.4, -0.2) is 38.0 Å². The number of ether oxygens (including phenoxy) is 3. The highest BCUT2D eigenvalue weighted by Gasteiger charge is 2.23. The fourth-order valence-electron chi connectivity index (χ4n) is 4.14. The van der Waals surface area contributed by atoms with E-state index in [1.807, 2.05) is 83.1 Å². The van der Waals surface area contributed by atoms with Crippen LogP contribution in [0.1, 0.15) is 50.8 Å². The van der Waals surface area contributed by atoms with Crippen LogP contribution < -0.4 is 14.8 Å². The van der Waals surface area contributed by atoms with Crippen molar-refractivity contribution in [2.45, 2.75) is 46.8 Å². The Morgan fingerprint density at radius 1 is 0.895 bits per heavy atom. The molecule has 38 heavy (non-hydrogen) atoms. The zero-order valence-corrected chi connectivity index (χ0v) is 23.2. The Morgan fingerprint density at radius 2 is 1.50 bits per heavy atom. The molecule has 0 aliphatic carbocycles. The number of hydrogen-bond donors (Lipinski definition) is 1. The zero-order valence-electron chi connectivity index (χ0n) is 23.2. The van der Waals surface area contributed by atoms with Gasteiger partial charge in [0.25, 0.3) is 0 Å². The number of hydrogen-bond acceptors (Lipinski definition) is 6. The smallest absolute Gasteiger partial charge is 0.314 e. The predicted molar refractivity (Wildman–Crippen MR) is 152 cm³/mol. The molecule has 6 heteroatoms. The second-order valence-corrected chi connectivity index (χ2v) is 10.8. The molecule has 6 nitrogen and oxygen atoms in total. The average Bonchev–Trinajstić information content (AvgIpc) is 2.90. The van der Waals surface area contributed by atoms with Crippen LogP contribution in [0.3, 0.4) is 0 Å². The molecule has 1 N–H and O–H groups in total. The highest BCUT2D eigenvalue weighted by atomic mass is 16.7. The SMILES string of the molecule is CC(Oc1ccc(C(=C2CCc3ccccc3N2)c2ccc(OCOC(=O)C(C)(C)C)cc2)cc1)N(C)C. The van der Waals surface area contributed by atoms with Crippen LogP contribution in [0.4, 0.5) is 5.69 Å². The van der Waals surface area contributed by atoms with Crippen molar-refractivity contribution >= 4 is 17.2 Å². The summed E-state index contributed by atoms with van der Waals surface area (Å²) in [5.74, 6) is 1.18. The van der Waals surface area contributed by atoms with Gasteiger partial charge in [0.2, 0.25) is 6.79 Å². The summed E-state index contributed by atoms with van der Waals surface area (Å²) in [6.07, 6.45) is 1.86. The molecule has 0 saturated carbocycles. The van der Waals surface area contributed by atoms with E-state index in [0.29, 0.717) is 5.75 Å². The number of benzene rings is 3. The Bertz CT molecular complexity index is 1270. The van der Waals surface area contributed by atoms with E-state index >= 15 is 0 Å². The van der Waals surface area contributed by atoms with Crippen molar-refractivity contribution in [3.63, 3.8) is 0 Å². The maximum absolute atomic E-state index is 12.0. The van der Waals surface area contributed by atoms with Gasteiger partial charge in [-0.25, -0.2) is 0 Å². The van der Waals surface area contributed by atoms with Gasteiger partial charge < -0.3 is 19.5 Å². The quantitative estimate of drug-likeness (QED) is 0.266. The molecule has 1 aliphatic heterocycles. The summed E-state index contributed by atoms with van der Waals surface area (Å²) in [6.45, 7) is 7.36. The van der Waals surface area contributed by atoms with Gasteiger partial charge >= 0.3 is 5.97 Å². The summed E-state index contributed by atoms with van der Waals surface area (Å²) in [5.41, 5.74) is 6.39. The molecule has 3 aromatic rings. The van der Waals surface area contributed by atoms with Crippen LogP contribution in [0.2, 0.25) is 0 Å². The predicted octanol–water partition coefficient (Wildman–Crippen LogP) is 6.72.